The molecule has 0 bridgehead atoms. The number of ether oxygens (including phenoxy) is 4. The highest BCUT2D eigenvalue weighted by Crippen LogP contribution is 2.23. The number of hydrogen-bond acceptors (Lipinski definition) is 7. The minimum atomic E-state index is -0.436. The van der Waals surface area contributed by atoms with Crippen LogP contribution >= 0.6 is 0 Å². The fourth-order valence-electron chi connectivity index (χ4n) is 3.76. The molecule has 1 aromatic heterocycles. The van der Waals surface area contributed by atoms with Crippen LogP contribution in [-0.4, -0.2) is 36.7 Å². The fourth-order valence-corrected chi connectivity index (χ4v) is 3.76. The van der Waals surface area contributed by atoms with Crippen LogP contribution in [0.5, 0.6) is 17.2 Å². The van der Waals surface area contributed by atoms with Gasteiger partial charge in [0.15, 0.2) is 0 Å². The predicted molar refractivity (Wildman–Crippen MR) is 156 cm³/mol. The molecule has 0 radical (unpaired) electrons. The van der Waals surface area contributed by atoms with Crippen molar-refractivity contribution in [2.75, 3.05) is 19.8 Å². The molecule has 3 aromatic rings. The van der Waals surface area contributed by atoms with Crippen LogP contribution in [-0.2, 0) is 9.53 Å². The van der Waals surface area contributed by atoms with Gasteiger partial charge in [0.05, 0.1) is 37.3 Å². The lowest BCUT2D eigenvalue weighted by molar-refractivity contribution is -0.139. The van der Waals surface area contributed by atoms with E-state index in [1.165, 1.54) is 0 Å². The van der Waals surface area contributed by atoms with Crippen LogP contribution in [0.25, 0.3) is 11.3 Å². The fraction of sp³-hybridized carbons (Fsp3) is 0.364. The van der Waals surface area contributed by atoms with E-state index < -0.39 is 5.97 Å². The number of rotatable bonds is 17. The van der Waals surface area contributed by atoms with Gasteiger partial charge in [0.2, 0.25) is 0 Å². The Balaban J connectivity index is 1.37. The van der Waals surface area contributed by atoms with E-state index in [4.69, 9.17) is 18.9 Å². The van der Waals surface area contributed by atoms with Crippen LogP contribution in [0.1, 0.15) is 69.2 Å². The average molecular weight is 546 g/mol. The molecule has 40 heavy (non-hydrogen) atoms. The molecule has 0 aliphatic heterocycles. The van der Waals surface area contributed by atoms with Gasteiger partial charge < -0.3 is 18.9 Å². The molecule has 0 aliphatic rings. The van der Waals surface area contributed by atoms with Crippen molar-refractivity contribution in [3.8, 4) is 28.5 Å². The van der Waals surface area contributed by atoms with E-state index >= 15 is 0 Å². The lowest BCUT2D eigenvalue weighted by Gasteiger charge is -2.09. The molecule has 0 unspecified atom stereocenters. The second-order valence-electron chi connectivity index (χ2n) is 9.55. The summed E-state index contributed by atoms with van der Waals surface area (Å²) in [6.45, 7) is 9.05. The largest absolute Gasteiger partial charge is 0.494 e. The Labute approximate surface area is 237 Å². The van der Waals surface area contributed by atoms with Crippen LogP contribution in [0.4, 0.5) is 0 Å². The summed E-state index contributed by atoms with van der Waals surface area (Å²) in [6.07, 6.45) is 8.72. The van der Waals surface area contributed by atoms with Gasteiger partial charge in [-0.25, -0.2) is 9.59 Å². The maximum Gasteiger partial charge on any atom is 0.343 e. The monoisotopic (exact) mass is 545 g/mol. The molecule has 1 heterocycles. The number of carbonyl (C=O) groups excluding carboxylic acids is 2. The average Bonchev–Trinajstić information content (AvgIpc) is 2.97. The summed E-state index contributed by atoms with van der Waals surface area (Å²) in [6, 6.07) is 18.0. The topological polar surface area (TPSA) is 84.0 Å². The minimum absolute atomic E-state index is 0.341. The smallest absolute Gasteiger partial charge is 0.343 e. The molecular weight excluding hydrogens is 506 g/mol. The predicted octanol–water partition coefficient (Wildman–Crippen LogP) is 7.60. The number of benzene rings is 2. The SMILES string of the molecule is C=C(C)C(=O)OCCCCCCOc1ccc(C(=O)Oc2ccc(-c3ccc(OCCCCC)cn3)cc2)cc1. The van der Waals surface area contributed by atoms with E-state index in [9.17, 15) is 9.59 Å². The first-order valence-corrected chi connectivity index (χ1v) is 13.9. The summed E-state index contributed by atoms with van der Waals surface area (Å²) in [5, 5.41) is 0. The highest BCUT2D eigenvalue weighted by atomic mass is 16.5. The molecule has 212 valence electrons. The maximum atomic E-state index is 12.6. The van der Waals surface area contributed by atoms with Gasteiger partial charge in [-0.2, -0.15) is 0 Å². The zero-order valence-electron chi connectivity index (χ0n) is 23.5. The molecule has 0 fully saturated rings. The number of hydrogen-bond donors (Lipinski definition) is 0. The van der Waals surface area contributed by atoms with Crippen LogP contribution in [0.2, 0.25) is 0 Å². The zero-order valence-corrected chi connectivity index (χ0v) is 23.5. The minimum Gasteiger partial charge on any atom is -0.494 e. The third kappa shape index (κ3) is 10.6. The van der Waals surface area contributed by atoms with Gasteiger partial charge in [-0.3, -0.25) is 4.98 Å². The molecule has 0 N–H and O–H groups in total. The van der Waals surface area contributed by atoms with E-state index in [0.717, 1.165) is 62.0 Å². The summed E-state index contributed by atoms with van der Waals surface area (Å²) in [5.41, 5.74) is 2.60. The molecule has 0 saturated heterocycles. The van der Waals surface area contributed by atoms with E-state index in [1.54, 1.807) is 49.5 Å². The molecule has 7 nitrogen and oxygen atoms in total. The van der Waals surface area contributed by atoms with Crippen molar-refractivity contribution < 1.29 is 28.5 Å². The van der Waals surface area contributed by atoms with Crippen molar-refractivity contribution in [3.05, 3.63) is 84.6 Å². The summed E-state index contributed by atoms with van der Waals surface area (Å²) in [7, 11) is 0. The van der Waals surface area contributed by atoms with Gasteiger partial charge in [-0.15, -0.1) is 0 Å². The Morgan fingerprint density at radius 3 is 1.95 bits per heavy atom. The quantitative estimate of drug-likeness (QED) is 0.0747. The number of nitrogens with zero attached hydrogens (tertiary/aromatic N) is 1. The molecule has 0 saturated carbocycles. The molecule has 0 atom stereocenters. The Kier molecular flexibility index (Phi) is 12.7. The van der Waals surface area contributed by atoms with E-state index in [1.807, 2.05) is 24.3 Å². The van der Waals surface area contributed by atoms with Gasteiger partial charge in [-0.05, 0) is 99.7 Å². The van der Waals surface area contributed by atoms with Crippen LogP contribution in [0.15, 0.2) is 79.0 Å². The van der Waals surface area contributed by atoms with Gasteiger partial charge in [0.25, 0.3) is 0 Å². The molecule has 0 spiro atoms. The Morgan fingerprint density at radius 1 is 0.725 bits per heavy atom. The molecule has 0 amide bonds. The number of pyridine rings is 1. The first kappa shape index (κ1) is 30.4. The van der Waals surface area contributed by atoms with Crippen molar-refractivity contribution in [3.63, 3.8) is 0 Å². The normalized spacial score (nSPS) is 10.6. The highest BCUT2D eigenvalue weighted by molar-refractivity contribution is 5.91. The highest BCUT2D eigenvalue weighted by Gasteiger charge is 2.10. The summed E-state index contributed by atoms with van der Waals surface area (Å²) < 4.78 is 22.1. The maximum absolute atomic E-state index is 12.6. The van der Waals surface area contributed by atoms with E-state index in [-0.39, 0.29) is 5.97 Å². The number of aromatic nitrogens is 1. The Morgan fingerprint density at radius 2 is 1.32 bits per heavy atom. The molecule has 0 aliphatic carbocycles. The standard InChI is InChI=1S/C33H39NO6/c1-4-5-8-21-38-30-19-20-31(34-24-30)26-11-17-29(18-12-26)40-33(36)27-13-15-28(16-14-27)37-22-9-6-7-10-23-39-32(35)25(2)3/h11-20,24H,2,4-10,21-23H2,1,3H3. The van der Waals surface area contributed by atoms with E-state index in [0.29, 0.717) is 42.5 Å². The van der Waals surface area contributed by atoms with Gasteiger partial charge in [0.1, 0.15) is 17.2 Å². The van der Waals surface area contributed by atoms with Gasteiger partial charge in [0, 0.05) is 11.1 Å². The summed E-state index contributed by atoms with van der Waals surface area (Å²) in [4.78, 5) is 28.4. The molecule has 7 heteroatoms. The summed E-state index contributed by atoms with van der Waals surface area (Å²) >= 11 is 0. The lowest BCUT2D eigenvalue weighted by Crippen LogP contribution is -2.08. The molecular formula is C33H39NO6. The third-order valence-corrected chi connectivity index (χ3v) is 6.09. The van der Waals surface area contributed by atoms with Crippen molar-refractivity contribution in [2.24, 2.45) is 0 Å². The van der Waals surface area contributed by atoms with E-state index in [2.05, 4.69) is 18.5 Å². The Bertz CT molecular complexity index is 1200. The zero-order chi connectivity index (χ0) is 28.6. The van der Waals surface area contributed by atoms with Gasteiger partial charge >= 0.3 is 11.9 Å². The molecule has 3 rings (SSSR count). The Hall–Kier alpha value is -4.13. The van der Waals surface area contributed by atoms with Gasteiger partial charge in [-0.1, -0.05) is 26.3 Å². The van der Waals surface area contributed by atoms with Crippen molar-refractivity contribution in [2.45, 2.75) is 58.8 Å². The first-order valence-electron chi connectivity index (χ1n) is 13.9. The molecule has 2 aromatic carbocycles. The second kappa shape index (κ2) is 16.7. The van der Waals surface area contributed by atoms with Crippen LogP contribution < -0.4 is 14.2 Å². The number of carbonyl (C=O) groups is 2. The van der Waals surface area contributed by atoms with Crippen molar-refractivity contribution in [1.29, 1.82) is 0 Å². The lowest BCUT2D eigenvalue weighted by atomic mass is 10.1. The summed E-state index contributed by atoms with van der Waals surface area (Å²) in [5.74, 6) is 1.14. The first-order chi connectivity index (χ1) is 19.5. The van der Waals surface area contributed by atoms with Crippen molar-refractivity contribution >= 4 is 11.9 Å². The van der Waals surface area contributed by atoms with Crippen molar-refractivity contribution in [1.82, 2.24) is 4.98 Å². The second-order valence-corrected chi connectivity index (χ2v) is 9.55. The van der Waals surface area contributed by atoms with Crippen LogP contribution in [0.3, 0.4) is 0 Å². The number of esters is 2. The third-order valence-electron chi connectivity index (χ3n) is 6.09. The van der Waals surface area contributed by atoms with Crippen LogP contribution in [0, 0.1) is 0 Å². The number of unbranched alkanes of at least 4 members (excludes halogenated alkanes) is 5.